The van der Waals surface area contributed by atoms with Crippen molar-refractivity contribution in [1.82, 2.24) is 15.0 Å². The van der Waals surface area contributed by atoms with Crippen molar-refractivity contribution >= 4 is 27.6 Å². The number of nitrogens with zero attached hydrogens (tertiary/aromatic N) is 3. The fraction of sp³-hybridized carbons (Fsp3) is 0.136. The van der Waals surface area contributed by atoms with Crippen LogP contribution in [0.5, 0.6) is 11.5 Å². The molecule has 1 unspecified atom stereocenters. The van der Waals surface area contributed by atoms with E-state index in [1.54, 1.807) is 42.7 Å². The van der Waals surface area contributed by atoms with Crippen LogP contribution in [0.2, 0.25) is 0 Å². The molecular formula is C22H18F2N4O3S. The fourth-order valence-corrected chi connectivity index (χ4v) is 4.12. The van der Waals surface area contributed by atoms with E-state index >= 15 is 0 Å². The molecule has 2 heterocycles. The third-order valence-corrected chi connectivity index (χ3v) is 5.85. The van der Waals surface area contributed by atoms with Crippen LogP contribution in [0.25, 0.3) is 22.0 Å². The molecule has 0 aliphatic heterocycles. The largest absolute Gasteiger partial charge is 0.496 e. The van der Waals surface area contributed by atoms with E-state index in [0.29, 0.717) is 22.0 Å². The molecule has 0 spiro atoms. The van der Waals surface area contributed by atoms with E-state index in [9.17, 15) is 13.0 Å². The van der Waals surface area contributed by atoms with Crippen LogP contribution in [0.1, 0.15) is 12.0 Å². The predicted octanol–water partition coefficient (Wildman–Crippen LogP) is 4.78. The average Bonchev–Trinajstić information content (AvgIpc) is 2.82. The van der Waals surface area contributed by atoms with Gasteiger partial charge in [-0.2, -0.15) is 0 Å². The summed E-state index contributed by atoms with van der Waals surface area (Å²) in [5, 5.41) is 1.50. The number of nitrogens with one attached hydrogen (secondary N) is 1. The van der Waals surface area contributed by atoms with Crippen LogP contribution in [0, 0.1) is 0 Å². The van der Waals surface area contributed by atoms with Crippen molar-refractivity contribution in [3.05, 3.63) is 66.7 Å². The van der Waals surface area contributed by atoms with Crippen LogP contribution >= 0.6 is 0 Å². The molecule has 0 aliphatic rings. The van der Waals surface area contributed by atoms with Crippen molar-refractivity contribution in [2.45, 2.75) is 11.3 Å². The monoisotopic (exact) mass is 456 g/mol. The molecular weight excluding hydrogens is 438 g/mol. The number of fused-ring (bicyclic) bond motifs is 1. The number of aromatic nitrogens is 3. The Morgan fingerprint density at radius 3 is 2.47 bits per heavy atom. The Balaban J connectivity index is 1.77. The molecule has 0 amide bonds. The lowest BCUT2D eigenvalue weighted by Gasteiger charge is -2.15. The van der Waals surface area contributed by atoms with Gasteiger partial charge >= 0.3 is 0 Å². The standard InChI is InChI=1S/C22H18F2N4O3S/c1-30-18-11-17(22(23)24)19(31-2)10-16(18)21-15-4-3-14(9-13(15)5-8-26-21)32(29)28-20-6-7-25-12-27-20/h3-12,22H,1-2H3,(H,25,27,28). The van der Waals surface area contributed by atoms with Crippen molar-refractivity contribution in [2.24, 2.45) is 0 Å². The number of benzene rings is 2. The van der Waals surface area contributed by atoms with Gasteiger partial charge in [0.2, 0.25) is 0 Å². The number of halogens is 2. The fourth-order valence-electron chi connectivity index (χ4n) is 3.27. The summed E-state index contributed by atoms with van der Waals surface area (Å²) in [4.78, 5) is 12.8. The molecule has 1 atom stereocenters. The minimum Gasteiger partial charge on any atom is -0.496 e. The first-order chi connectivity index (χ1) is 15.5. The molecule has 4 aromatic rings. The first-order valence-corrected chi connectivity index (χ1v) is 10.5. The predicted molar refractivity (Wildman–Crippen MR) is 117 cm³/mol. The van der Waals surface area contributed by atoms with Gasteiger partial charge in [0.1, 0.15) is 23.6 Å². The number of hydrogen-bond acceptors (Lipinski definition) is 6. The van der Waals surface area contributed by atoms with Gasteiger partial charge < -0.3 is 9.47 Å². The van der Waals surface area contributed by atoms with Crippen LogP contribution in [-0.2, 0) is 11.0 Å². The molecule has 1 N–H and O–H groups in total. The second kappa shape index (κ2) is 9.23. The first kappa shape index (κ1) is 21.6. The average molecular weight is 456 g/mol. The Morgan fingerprint density at radius 2 is 1.78 bits per heavy atom. The highest BCUT2D eigenvalue weighted by molar-refractivity contribution is 7.86. The maximum atomic E-state index is 13.4. The Labute approximate surface area is 185 Å². The highest BCUT2D eigenvalue weighted by atomic mass is 32.2. The Morgan fingerprint density at radius 1 is 0.969 bits per heavy atom. The lowest BCUT2D eigenvalue weighted by Crippen LogP contribution is -2.06. The smallest absolute Gasteiger partial charge is 0.267 e. The van der Waals surface area contributed by atoms with Crippen LogP contribution < -0.4 is 14.2 Å². The first-order valence-electron chi connectivity index (χ1n) is 9.39. The zero-order valence-corrected chi connectivity index (χ0v) is 17.9. The van der Waals surface area contributed by atoms with Gasteiger partial charge in [-0.05, 0) is 41.8 Å². The van der Waals surface area contributed by atoms with Gasteiger partial charge in [-0.15, -0.1) is 0 Å². The Hall–Kier alpha value is -3.66. The summed E-state index contributed by atoms with van der Waals surface area (Å²) in [5.74, 6) is 0.727. The zero-order chi connectivity index (χ0) is 22.7. The number of pyridine rings is 1. The van der Waals surface area contributed by atoms with Gasteiger partial charge in [0, 0.05) is 23.3 Å². The van der Waals surface area contributed by atoms with E-state index in [1.807, 2.05) is 0 Å². The quantitative estimate of drug-likeness (QED) is 0.431. The summed E-state index contributed by atoms with van der Waals surface area (Å²) >= 11 is 0. The topological polar surface area (TPSA) is 86.2 Å². The normalized spacial score (nSPS) is 12.0. The van der Waals surface area contributed by atoms with Gasteiger partial charge in [-0.3, -0.25) is 9.71 Å². The number of methoxy groups -OCH3 is 2. The third-order valence-electron chi connectivity index (χ3n) is 4.77. The molecule has 164 valence electrons. The van der Waals surface area contributed by atoms with Crippen LogP contribution in [0.3, 0.4) is 0 Å². The molecule has 0 aliphatic carbocycles. The highest BCUT2D eigenvalue weighted by Crippen LogP contribution is 2.41. The van der Waals surface area contributed by atoms with Crippen molar-refractivity contribution in [2.75, 3.05) is 18.9 Å². The Bertz CT molecular complexity index is 1290. The zero-order valence-electron chi connectivity index (χ0n) is 17.1. The molecule has 0 saturated heterocycles. The van der Waals surface area contributed by atoms with Gasteiger partial charge in [0.05, 0.1) is 30.4 Å². The molecule has 4 rings (SSSR count). The van der Waals surface area contributed by atoms with Gasteiger partial charge in [0.15, 0.2) is 11.0 Å². The number of hydrogen-bond donors (Lipinski definition) is 1. The van der Waals surface area contributed by atoms with Crippen LogP contribution in [0.4, 0.5) is 14.6 Å². The van der Waals surface area contributed by atoms with E-state index in [0.717, 1.165) is 10.8 Å². The van der Waals surface area contributed by atoms with Gasteiger partial charge in [0.25, 0.3) is 6.43 Å². The second-order valence-corrected chi connectivity index (χ2v) is 7.82. The summed E-state index contributed by atoms with van der Waals surface area (Å²) in [6, 6.07) is 11.4. The molecule has 0 radical (unpaired) electrons. The third kappa shape index (κ3) is 4.22. The lowest BCUT2D eigenvalue weighted by molar-refractivity contribution is 0.146. The summed E-state index contributed by atoms with van der Waals surface area (Å²) < 4.78 is 52.9. The second-order valence-electron chi connectivity index (χ2n) is 6.60. The highest BCUT2D eigenvalue weighted by Gasteiger charge is 2.21. The SMILES string of the molecule is COc1cc(C(F)F)c(OC)cc1-c1nccc2cc(S(=O)Nc3ccncn3)ccc12. The molecule has 2 aromatic carbocycles. The van der Waals surface area contributed by atoms with E-state index in [2.05, 4.69) is 19.7 Å². The minimum atomic E-state index is -2.71. The molecule has 7 nitrogen and oxygen atoms in total. The maximum Gasteiger partial charge on any atom is 0.267 e. The number of ether oxygens (including phenoxy) is 2. The Kier molecular flexibility index (Phi) is 6.22. The van der Waals surface area contributed by atoms with Crippen LogP contribution in [0.15, 0.2) is 66.1 Å². The van der Waals surface area contributed by atoms with Crippen molar-refractivity contribution in [3.8, 4) is 22.8 Å². The van der Waals surface area contributed by atoms with Crippen molar-refractivity contribution in [1.29, 1.82) is 0 Å². The molecule has 0 bridgehead atoms. The van der Waals surface area contributed by atoms with Gasteiger partial charge in [-0.1, -0.05) is 6.07 Å². The molecule has 10 heteroatoms. The lowest BCUT2D eigenvalue weighted by atomic mass is 10.0. The van der Waals surface area contributed by atoms with Gasteiger partial charge in [-0.25, -0.2) is 23.0 Å². The summed E-state index contributed by atoms with van der Waals surface area (Å²) in [6.07, 6.45) is 1.79. The van der Waals surface area contributed by atoms with Crippen LogP contribution in [-0.4, -0.2) is 33.4 Å². The molecule has 2 aromatic heterocycles. The van der Waals surface area contributed by atoms with E-state index in [4.69, 9.17) is 9.47 Å². The number of anilines is 1. The maximum absolute atomic E-state index is 13.4. The van der Waals surface area contributed by atoms with E-state index in [1.165, 1.54) is 32.7 Å². The number of rotatable bonds is 7. The minimum absolute atomic E-state index is 0.0429. The molecule has 32 heavy (non-hydrogen) atoms. The molecule has 0 saturated carbocycles. The van der Waals surface area contributed by atoms with E-state index < -0.39 is 17.4 Å². The van der Waals surface area contributed by atoms with E-state index in [-0.39, 0.29) is 17.1 Å². The number of alkyl halides is 2. The summed E-state index contributed by atoms with van der Waals surface area (Å²) in [7, 11) is 1.19. The molecule has 0 fully saturated rings. The van der Waals surface area contributed by atoms with Crippen molar-refractivity contribution < 1.29 is 22.5 Å². The summed E-state index contributed by atoms with van der Waals surface area (Å²) in [5.41, 5.74) is 0.772. The summed E-state index contributed by atoms with van der Waals surface area (Å²) in [6.45, 7) is 0. The van der Waals surface area contributed by atoms with Crippen molar-refractivity contribution in [3.63, 3.8) is 0 Å².